The van der Waals surface area contributed by atoms with Gasteiger partial charge in [0.2, 0.25) is 5.91 Å². The van der Waals surface area contributed by atoms with E-state index in [0.717, 1.165) is 13.1 Å². The van der Waals surface area contributed by atoms with E-state index < -0.39 is 15.7 Å². The van der Waals surface area contributed by atoms with Crippen LogP contribution in [0.2, 0.25) is 0 Å². The number of hydrogen-bond acceptors (Lipinski definition) is 6. The van der Waals surface area contributed by atoms with Gasteiger partial charge in [-0.3, -0.25) is 4.79 Å². The fraction of sp³-hybridized carbons (Fsp3) is 0.933. The summed E-state index contributed by atoms with van der Waals surface area (Å²) in [4.78, 5) is 16.6. The molecule has 0 aromatic rings. The molecule has 3 rings (SSSR count). The van der Waals surface area contributed by atoms with Gasteiger partial charge in [-0.25, -0.2) is 0 Å². The molecule has 10 heteroatoms. The van der Waals surface area contributed by atoms with Gasteiger partial charge in [-0.1, -0.05) is 0 Å². The molecule has 3 saturated heterocycles. The summed E-state index contributed by atoms with van der Waals surface area (Å²) in [6.07, 6.45) is 1.04. The molecule has 0 spiro atoms. The average Bonchev–Trinajstić information content (AvgIpc) is 2.62. The van der Waals surface area contributed by atoms with Crippen LogP contribution in [0, 0.1) is 0 Å². The van der Waals surface area contributed by atoms with Gasteiger partial charge in [-0.2, -0.15) is 17.0 Å². The number of nitrogens with two attached hydrogens (primary N) is 1. The van der Waals surface area contributed by atoms with Gasteiger partial charge in [0.1, 0.15) is 0 Å². The minimum atomic E-state index is -3.45. The number of nitrogens with zero attached hydrogens (tertiary/aromatic N) is 4. The average molecular weight is 375 g/mol. The second-order valence-corrected chi connectivity index (χ2v) is 9.10. The Labute approximate surface area is 149 Å². The van der Waals surface area contributed by atoms with Crippen LogP contribution >= 0.6 is 0 Å². The van der Waals surface area contributed by atoms with E-state index in [-0.39, 0.29) is 5.91 Å². The van der Waals surface area contributed by atoms with Crippen molar-refractivity contribution >= 4 is 16.1 Å². The first kappa shape index (κ1) is 19.0. The van der Waals surface area contributed by atoms with Crippen molar-refractivity contribution in [1.29, 1.82) is 0 Å². The normalized spacial score (nSPS) is 27.4. The Balaban J connectivity index is 1.57. The van der Waals surface area contributed by atoms with Crippen molar-refractivity contribution in [3.8, 4) is 0 Å². The number of carbonyl (C=O) groups is 1. The summed E-state index contributed by atoms with van der Waals surface area (Å²) in [5, 5.41) is 0. The number of rotatable bonds is 3. The second-order valence-electron chi connectivity index (χ2n) is 7.17. The second kappa shape index (κ2) is 7.45. The molecule has 25 heavy (non-hydrogen) atoms. The Bertz CT molecular complexity index is 577. The van der Waals surface area contributed by atoms with Gasteiger partial charge in [-0.05, 0) is 19.9 Å². The molecule has 1 amide bonds. The molecule has 0 atom stereocenters. The molecule has 3 fully saturated rings. The molecular weight excluding hydrogens is 346 g/mol. The smallest absolute Gasteiger partial charge is 0.282 e. The molecule has 0 unspecified atom stereocenters. The predicted octanol–water partition coefficient (Wildman–Crippen LogP) is -1.87. The zero-order valence-corrected chi connectivity index (χ0v) is 15.7. The standard InChI is InChI=1S/C15H29N5O4S/c1-17-4-8-19(9-5-17)25(22,23)20-10-6-18(7-11-20)14(21)15(16)2-12-24-13-3-15/h2-13,16H2,1H3. The third-order valence-electron chi connectivity index (χ3n) is 5.45. The Morgan fingerprint density at radius 1 is 0.920 bits per heavy atom. The number of piperazine rings is 2. The van der Waals surface area contributed by atoms with Gasteiger partial charge in [0.05, 0.1) is 5.54 Å². The van der Waals surface area contributed by atoms with Gasteiger partial charge in [0.15, 0.2) is 0 Å². The predicted molar refractivity (Wildman–Crippen MR) is 93.1 cm³/mol. The van der Waals surface area contributed by atoms with Crippen LogP contribution in [0.4, 0.5) is 0 Å². The van der Waals surface area contributed by atoms with Gasteiger partial charge in [-0.15, -0.1) is 0 Å². The first-order valence-corrected chi connectivity index (χ1v) is 10.3. The summed E-state index contributed by atoms with van der Waals surface area (Å²) in [5.41, 5.74) is 5.40. The molecule has 0 aliphatic carbocycles. The molecule has 3 heterocycles. The van der Waals surface area contributed by atoms with Gasteiger partial charge < -0.3 is 20.3 Å². The number of carbonyl (C=O) groups excluding carboxylic acids is 1. The zero-order chi connectivity index (χ0) is 18.1. The molecule has 2 N–H and O–H groups in total. The first-order valence-electron chi connectivity index (χ1n) is 8.93. The third kappa shape index (κ3) is 3.99. The van der Waals surface area contributed by atoms with Crippen LogP contribution in [-0.4, -0.2) is 111 Å². The first-order chi connectivity index (χ1) is 11.8. The minimum Gasteiger partial charge on any atom is -0.381 e. The summed E-state index contributed by atoms with van der Waals surface area (Å²) in [6, 6.07) is 0. The monoisotopic (exact) mass is 375 g/mol. The van der Waals surface area contributed by atoms with Crippen molar-refractivity contribution in [2.75, 3.05) is 72.6 Å². The Hall–Kier alpha value is -0.780. The van der Waals surface area contributed by atoms with E-state index in [1.165, 1.54) is 4.31 Å². The molecular formula is C15H29N5O4S. The molecule has 9 nitrogen and oxygen atoms in total. The van der Waals surface area contributed by atoms with Gasteiger partial charge in [0, 0.05) is 65.6 Å². The van der Waals surface area contributed by atoms with Crippen molar-refractivity contribution in [3.63, 3.8) is 0 Å². The molecule has 0 aromatic heterocycles. The lowest BCUT2D eigenvalue weighted by Crippen LogP contribution is -2.62. The van der Waals surface area contributed by atoms with E-state index in [2.05, 4.69) is 4.90 Å². The molecule has 0 saturated carbocycles. The van der Waals surface area contributed by atoms with E-state index >= 15 is 0 Å². The Kier molecular flexibility index (Phi) is 5.66. The van der Waals surface area contributed by atoms with E-state index in [1.54, 1.807) is 9.21 Å². The summed E-state index contributed by atoms with van der Waals surface area (Å²) < 4.78 is 33.9. The highest BCUT2D eigenvalue weighted by molar-refractivity contribution is 7.86. The Morgan fingerprint density at radius 3 is 1.92 bits per heavy atom. The van der Waals surface area contributed by atoms with Crippen LogP contribution in [0.1, 0.15) is 12.8 Å². The largest absolute Gasteiger partial charge is 0.381 e. The molecule has 3 aliphatic heterocycles. The van der Waals surface area contributed by atoms with Crippen molar-refractivity contribution in [1.82, 2.24) is 18.4 Å². The lowest BCUT2D eigenvalue weighted by molar-refractivity contribution is -0.141. The van der Waals surface area contributed by atoms with E-state index in [1.807, 2.05) is 7.05 Å². The fourth-order valence-corrected chi connectivity index (χ4v) is 5.14. The van der Waals surface area contributed by atoms with Crippen molar-refractivity contribution in [2.24, 2.45) is 5.73 Å². The quantitative estimate of drug-likeness (QED) is 0.621. The molecule has 3 aliphatic rings. The number of hydrogen-bond donors (Lipinski definition) is 1. The SMILES string of the molecule is CN1CCN(S(=O)(=O)N2CCN(C(=O)C3(N)CCOCC3)CC2)CC1. The number of amides is 1. The summed E-state index contributed by atoms with van der Waals surface area (Å²) >= 11 is 0. The maximum atomic E-state index is 12.8. The van der Waals surface area contributed by atoms with Crippen molar-refractivity contribution in [3.05, 3.63) is 0 Å². The van der Waals surface area contributed by atoms with Gasteiger partial charge in [0.25, 0.3) is 10.2 Å². The highest BCUT2D eigenvalue weighted by Gasteiger charge is 2.41. The summed E-state index contributed by atoms with van der Waals surface area (Å²) in [7, 11) is -1.45. The molecule has 0 aromatic carbocycles. The maximum absolute atomic E-state index is 12.8. The molecule has 0 radical (unpaired) electrons. The van der Waals surface area contributed by atoms with Crippen LogP contribution in [0.15, 0.2) is 0 Å². The van der Waals surface area contributed by atoms with Crippen molar-refractivity contribution < 1.29 is 17.9 Å². The highest BCUT2D eigenvalue weighted by Crippen LogP contribution is 2.22. The van der Waals surface area contributed by atoms with Crippen LogP contribution in [-0.2, 0) is 19.7 Å². The van der Waals surface area contributed by atoms with Crippen molar-refractivity contribution in [2.45, 2.75) is 18.4 Å². The molecule has 0 bridgehead atoms. The third-order valence-corrected chi connectivity index (χ3v) is 7.49. The summed E-state index contributed by atoms with van der Waals surface area (Å²) in [5.74, 6) is -0.0764. The molecule has 144 valence electrons. The van der Waals surface area contributed by atoms with Crippen LogP contribution in [0.5, 0.6) is 0 Å². The number of likely N-dealkylation sites (N-methyl/N-ethyl adjacent to an activating group) is 1. The van der Waals surface area contributed by atoms with Gasteiger partial charge >= 0.3 is 0 Å². The van der Waals surface area contributed by atoms with E-state index in [4.69, 9.17) is 10.5 Å². The lowest BCUT2D eigenvalue weighted by atomic mass is 9.89. The van der Waals surface area contributed by atoms with Crippen LogP contribution in [0.25, 0.3) is 0 Å². The van der Waals surface area contributed by atoms with Crippen LogP contribution < -0.4 is 5.73 Å². The Morgan fingerprint density at radius 2 is 1.40 bits per heavy atom. The van der Waals surface area contributed by atoms with Crippen LogP contribution in [0.3, 0.4) is 0 Å². The zero-order valence-electron chi connectivity index (χ0n) is 14.9. The topological polar surface area (TPSA) is 99.4 Å². The fourth-order valence-electron chi connectivity index (χ4n) is 3.57. The lowest BCUT2D eigenvalue weighted by Gasteiger charge is -2.42. The minimum absolute atomic E-state index is 0.0764. The highest BCUT2D eigenvalue weighted by atomic mass is 32.2. The van der Waals surface area contributed by atoms with E-state index in [9.17, 15) is 13.2 Å². The summed E-state index contributed by atoms with van der Waals surface area (Å²) in [6.45, 7) is 4.97. The van der Waals surface area contributed by atoms with E-state index in [0.29, 0.717) is 65.3 Å². The number of ether oxygens (including phenoxy) is 1. The maximum Gasteiger partial charge on any atom is 0.282 e.